The van der Waals surface area contributed by atoms with Crippen molar-refractivity contribution in [2.24, 2.45) is 0 Å². The third-order valence-corrected chi connectivity index (χ3v) is 3.92. The molecule has 0 bridgehead atoms. The van der Waals surface area contributed by atoms with Crippen molar-refractivity contribution >= 4 is 22.7 Å². The lowest BCUT2D eigenvalue weighted by atomic mass is 10.0. The minimum Gasteiger partial charge on any atom is -0.341 e. The Balaban J connectivity index is 2.27. The van der Waals surface area contributed by atoms with Gasteiger partial charge in [0.05, 0.1) is 22.7 Å². The topological polar surface area (TPSA) is 6.48 Å². The van der Waals surface area contributed by atoms with Crippen LogP contribution in [0.3, 0.4) is 0 Å². The minimum atomic E-state index is 1.26. The van der Waals surface area contributed by atoms with Crippen LogP contribution in [0, 0.1) is 13.8 Å². The molecule has 0 N–H and O–H groups in total. The Hall–Kier alpha value is -1.96. The Labute approximate surface area is 108 Å². The zero-order valence-electron chi connectivity index (χ0n) is 11.4. The van der Waals surface area contributed by atoms with E-state index in [4.69, 9.17) is 0 Å². The molecule has 0 radical (unpaired) electrons. The Morgan fingerprint density at radius 3 is 1.44 bits per heavy atom. The van der Waals surface area contributed by atoms with Gasteiger partial charge in [0.2, 0.25) is 0 Å². The lowest BCUT2D eigenvalue weighted by Gasteiger charge is -2.37. The molecule has 2 aromatic carbocycles. The standard InChI is InChI=1S/C16H18N2/c1-11-9-15-16(10-12(11)2)18(4)14-8-6-5-7-13(14)17(15)3/h5-10H,1-4H3. The second-order valence-corrected chi connectivity index (χ2v) is 5.03. The first-order chi connectivity index (χ1) is 8.59. The predicted octanol–water partition coefficient (Wildman–Crippen LogP) is 4.15. The first-order valence-electron chi connectivity index (χ1n) is 6.27. The molecule has 0 fully saturated rings. The van der Waals surface area contributed by atoms with Gasteiger partial charge in [0, 0.05) is 14.1 Å². The highest BCUT2D eigenvalue weighted by Gasteiger charge is 2.23. The van der Waals surface area contributed by atoms with Crippen LogP contribution < -0.4 is 9.80 Å². The molecular weight excluding hydrogens is 220 g/mol. The number of rotatable bonds is 0. The molecule has 0 aromatic heterocycles. The fraction of sp³-hybridized carbons (Fsp3) is 0.250. The Bertz CT molecular complexity index is 562. The van der Waals surface area contributed by atoms with Crippen LogP contribution in [0.25, 0.3) is 0 Å². The number of hydrogen-bond acceptors (Lipinski definition) is 2. The fourth-order valence-corrected chi connectivity index (χ4v) is 2.61. The van der Waals surface area contributed by atoms with Gasteiger partial charge in [-0.05, 0) is 49.2 Å². The maximum atomic E-state index is 2.27. The molecule has 1 aliphatic heterocycles. The van der Waals surface area contributed by atoms with Gasteiger partial charge in [-0.1, -0.05) is 12.1 Å². The first kappa shape index (κ1) is 11.1. The summed E-state index contributed by atoms with van der Waals surface area (Å²) in [5, 5.41) is 0. The number of anilines is 4. The Kier molecular flexibility index (Phi) is 2.34. The van der Waals surface area contributed by atoms with Crippen LogP contribution in [0.2, 0.25) is 0 Å². The van der Waals surface area contributed by atoms with Gasteiger partial charge >= 0.3 is 0 Å². The molecule has 1 heterocycles. The summed E-state index contributed by atoms with van der Waals surface area (Å²) in [7, 11) is 4.28. The van der Waals surface area contributed by atoms with Crippen LogP contribution >= 0.6 is 0 Å². The Morgan fingerprint density at radius 1 is 0.667 bits per heavy atom. The molecule has 0 saturated carbocycles. The molecule has 18 heavy (non-hydrogen) atoms. The summed E-state index contributed by atoms with van der Waals surface area (Å²) >= 11 is 0. The quantitative estimate of drug-likeness (QED) is 0.680. The van der Waals surface area contributed by atoms with E-state index in [0.717, 1.165) is 0 Å². The van der Waals surface area contributed by atoms with Crippen LogP contribution in [0.15, 0.2) is 36.4 Å². The largest absolute Gasteiger partial charge is 0.341 e. The monoisotopic (exact) mass is 238 g/mol. The van der Waals surface area contributed by atoms with Gasteiger partial charge in [0.25, 0.3) is 0 Å². The Morgan fingerprint density at radius 2 is 1.06 bits per heavy atom. The van der Waals surface area contributed by atoms with Gasteiger partial charge in [-0.3, -0.25) is 0 Å². The maximum absolute atomic E-state index is 2.27. The number of fused-ring (bicyclic) bond motifs is 2. The maximum Gasteiger partial charge on any atom is 0.0652 e. The number of hydrogen-bond donors (Lipinski definition) is 0. The van der Waals surface area contributed by atoms with Crippen molar-refractivity contribution in [3.63, 3.8) is 0 Å². The van der Waals surface area contributed by atoms with Crippen molar-refractivity contribution in [1.29, 1.82) is 0 Å². The molecular formula is C16H18N2. The molecule has 0 spiro atoms. The molecule has 0 saturated heterocycles. The number of benzene rings is 2. The number of nitrogens with zero attached hydrogens (tertiary/aromatic N) is 2. The average molecular weight is 238 g/mol. The first-order valence-corrected chi connectivity index (χ1v) is 6.27. The molecule has 0 aliphatic carbocycles. The molecule has 2 nitrogen and oxygen atoms in total. The molecule has 2 aromatic rings. The summed E-state index contributed by atoms with van der Waals surface area (Å²) in [5.41, 5.74) is 7.76. The van der Waals surface area contributed by atoms with Crippen LogP contribution in [0.1, 0.15) is 11.1 Å². The lowest BCUT2D eigenvalue weighted by molar-refractivity contribution is 1.09. The SMILES string of the molecule is Cc1cc2c(cc1C)N(C)c1ccccc1N2C. The summed E-state index contributed by atoms with van der Waals surface area (Å²) in [6.07, 6.45) is 0. The molecule has 0 unspecified atom stereocenters. The second-order valence-electron chi connectivity index (χ2n) is 5.03. The fourth-order valence-electron chi connectivity index (χ4n) is 2.61. The van der Waals surface area contributed by atoms with Crippen LogP contribution in [0.4, 0.5) is 22.7 Å². The summed E-state index contributed by atoms with van der Waals surface area (Å²) in [4.78, 5) is 4.55. The highest BCUT2D eigenvalue weighted by molar-refractivity contribution is 5.93. The van der Waals surface area contributed by atoms with E-state index in [-0.39, 0.29) is 0 Å². The second kappa shape index (κ2) is 3.77. The van der Waals surface area contributed by atoms with E-state index in [9.17, 15) is 0 Å². The van der Waals surface area contributed by atoms with Crippen molar-refractivity contribution in [2.45, 2.75) is 13.8 Å². The van der Waals surface area contributed by atoms with Crippen molar-refractivity contribution < 1.29 is 0 Å². The van der Waals surface area contributed by atoms with E-state index in [1.165, 1.54) is 33.9 Å². The smallest absolute Gasteiger partial charge is 0.0652 e. The summed E-state index contributed by atoms with van der Waals surface area (Å²) < 4.78 is 0. The average Bonchev–Trinajstić information content (AvgIpc) is 2.38. The van der Waals surface area contributed by atoms with Gasteiger partial charge in [-0.25, -0.2) is 0 Å². The van der Waals surface area contributed by atoms with E-state index in [2.05, 4.69) is 74.1 Å². The molecule has 0 amide bonds. The van der Waals surface area contributed by atoms with E-state index >= 15 is 0 Å². The van der Waals surface area contributed by atoms with Crippen LogP contribution in [0.5, 0.6) is 0 Å². The van der Waals surface area contributed by atoms with Gasteiger partial charge in [-0.15, -0.1) is 0 Å². The van der Waals surface area contributed by atoms with E-state index in [1.807, 2.05) is 0 Å². The third kappa shape index (κ3) is 1.42. The predicted molar refractivity (Wildman–Crippen MR) is 78.5 cm³/mol. The van der Waals surface area contributed by atoms with Crippen molar-refractivity contribution in [1.82, 2.24) is 0 Å². The molecule has 92 valence electrons. The van der Waals surface area contributed by atoms with Crippen LogP contribution in [-0.4, -0.2) is 14.1 Å². The van der Waals surface area contributed by atoms with Gasteiger partial charge in [0.1, 0.15) is 0 Å². The van der Waals surface area contributed by atoms with Gasteiger partial charge < -0.3 is 9.80 Å². The molecule has 1 aliphatic rings. The summed E-state index contributed by atoms with van der Waals surface area (Å²) in [6.45, 7) is 4.34. The molecule has 2 heteroatoms. The molecule has 0 atom stereocenters. The minimum absolute atomic E-state index is 1.26. The number of aryl methyl sites for hydroxylation is 2. The highest BCUT2D eigenvalue weighted by atomic mass is 15.2. The third-order valence-electron chi connectivity index (χ3n) is 3.92. The van der Waals surface area contributed by atoms with Crippen LogP contribution in [-0.2, 0) is 0 Å². The molecule has 3 rings (SSSR count). The van der Waals surface area contributed by atoms with Crippen molar-refractivity contribution in [3.05, 3.63) is 47.5 Å². The van der Waals surface area contributed by atoms with E-state index in [0.29, 0.717) is 0 Å². The lowest BCUT2D eigenvalue weighted by Crippen LogP contribution is -2.24. The van der Waals surface area contributed by atoms with Gasteiger partial charge in [0.15, 0.2) is 0 Å². The van der Waals surface area contributed by atoms with Crippen molar-refractivity contribution in [3.8, 4) is 0 Å². The highest BCUT2D eigenvalue weighted by Crippen LogP contribution is 2.46. The van der Waals surface area contributed by atoms with E-state index < -0.39 is 0 Å². The van der Waals surface area contributed by atoms with Crippen molar-refractivity contribution in [2.75, 3.05) is 23.9 Å². The van der Waals surface area contributed by atoms with Gasteiger partial charge in [-0.2, -0.15) is 0 Å². The summed E-state index contributed by atoms with van der Waals surface area (Å²) in [5.74, 6) is 0. The number of para-hydroxylation sites is 2. The normalized spacial score (nSPS) is 13.3. The zero-order chi connectivity index (χ0) is 12.9. The zero-order valence-corrected chi connectivity index (χ0v) is 11.4. The summed E-state index contributed by atoms with van der Waals surface area (Å²) in [6, 6.07) is 13.1. The van der Waals surface area contributed by atoms with E-state index in [1.54, 1.807) is 0 Å².